The molecular formula is C10H14IN3O. The van der Waals surface area contributed by atoms with Crippen molar-refractivity contribution in [1.29, 1.82) is 0 Å². The number of rotatable bonds is 5. The standard InChI is InChI=1S/C10H14IN3O/c1-3-12-4-8(2)6-14-7-13-5-9(11)10(14)15/h5,7,12H,2-4,6H2,1H3. The topological polar surface area (TPSA) is 46.9 Å². The Morgan fingerprint density at radius 1 is 1.73 bits per heavy atom. The largest absolute Gasteiger partial charge is 0.313 e. The lowest BCUT2D eigenvalue weighted by atomic mass is 10.3. The predicted molar refractivity (Wildman–Crippen MR) is 68.9 cm³/mol. The van der Waals surface area contributed by atoms with E-state index in [0.29, 0.717) is 10.1 Å². The molecular weight excluding hydrogens is 305 g/mol. The Morgan fingerprint density at radius 3 is 3.13 bits per heavy atom. The van der Waals surface area contributed by atoms with Gasteiger partial charge in [0.2, 0.25) is 0 Å². The summed E-state index contributed by atoms with van der Waals surface area (Å²) in [4.78, 5) is 15.6. The molecule has 1 aromatic heterocycles. The van der Waals surface area contributed by atoms with Crippen LogP contribution in [0.3, 0.4) is 0 Å². The zero-order chi connectivity index (χ0) is 11.3. The molecule has 1 aromatic rings. The summed E-state index contributed by atoms with van der Waals surface area (Å²) >= 11 is 1.98. The van der Waals surface area contributed by atoms with E-state index in [-0.39, 0.29) is 5.56 Å². The van der Waals surface area contributed by atoms with E-state index in [4.69, 9.17) is 0 Å². The van der Waals surface area contributed by atoms with Crippen molar-refractivity contribution < 1.29 is 0 Å². The molecule has 1 rings (SSSR count). The van der Waals surface area contributed by atoms with E-state index in [9.17, 15) is 4.79 Å². The molecule has 0 atom stereocenters. The molecule has 0 saturated carbocycles. The van der Waals surface area contributed by atoms with Gasteiger partial charge in [0, 0.05) is 19.3 Å². The van der Waals surface area contributed by atoms with Crippen molar-refractivity contribution in [2.75, 3.05) is 13.1 Å². The molecule has 15 heavy (non-hydrogen) atoms. The highest BCUT2D eigenvalue weighted by molar-refractivity contribution is 14.1. The normalized spacial score (nSPS) is 10.3. The molecule has 0 aliphatic rings. The molecule has 4 nitrogen and oxygen atoms in total. The summed E-state index contributed by atoms with van der Waals surface area (Å²) in [6.07, 6.45) is 3.11. The maximum atomic E-state index is 11.6. The summed E-state index contributed by atoms with van der Waals surface area (Å²) in [6.45, 7) is 8.10. The van der Waals surface area contributed by atoms with Gasteiger partial charge in [-0.05, 0) is 34.7 Å². The van der Waals surface area contributed by atoms with Crippen LogP contribution in [0, 0.1) is 3.57 Å². The van der Waals surface area contributed by atoms with Crippen LogP contribution in [0.2, 0.25) is 0 Å². The van der Waals surface area contributed by atoms with E-state index >= 15 is 0 Å². The van der Waals surface area contributed by atoms with Crippen molar-refractivity contribution in [2.24, 2.45) is 0 Å². The van der Waals surface area contributed by atoms with Crippen molar-refractivity contribution >= 4 is 22.6 Å². The van der Waals surface area contributed by atoms with Gasteiger partial charge in [-0.1, -0.05) is 13.5 Å². The fourth-order valence-electron chi connectivity index (χ4n) is 1.14. The van der Waals surface area contributed by atoms with Gasteiger partial charge in [-0.2, -0.15) is 0 Å². The number of nitrogens with one attached hydrogen (secondary N) is 1. The highest BCUT2D eigenvalue weighted by Crippen LogP contribution is 1.96. The zero-order valence-corrected chi connectivity index (χ0v) is 10.8. The first-order valence-electron chi connectivity index (χ1n) is 4.72. The van der Waals surface area contributed by atoms with E-state index in [1.807, 2.05) is 29.5 Å². The van der Waals surface area contributed by atoms with Gasteiger partial charge in [0.25, 0.3) is 5.56 Å². The SMILES string of the molecule is C=C(CNCC)Cn1cncc(I)c1=O. The third-order valence-corrected chi connectivity index (χ3v) is 2.62. The van der Waals surface area contributed by atoms with Gasteiger partial charge >= 0.3 is 0 Å². The Labute approximate surface area is 103 Å². The molecule has 5 heteroatoms. The van der Waals surface area contributed by atoms with E-state index in [1.165, 1.54) is 0 Å². The molecule has 0 unspecified atom stereocenters. The molecule has 0 fully saturated rings. The second-order valence-corrected chi connectivity index (χ2v) is 4.37. The van der Waals surface area contributed by atoms with Crippen molar-refractivity contribution in [3.63, 3.8) is 0 Å². The lowest BCUT2D eigenvalue weighted by molar-refractivity contribution is 0.674. The molecule has 82 valence electrons. The van der Waals surface area contributed by atoms with Crippen molar-refractivity contribution in [3.05, 3.63) is 38.6 Å². The lowest BCUT2D eigenvalue weighted by Gasteiger charge is -2.08. The highest BCUT2D eigenvalue weighted by atomic mass is 127. The van der Waals surface area contributed by atoms with Crippen molar-refractivity contribution in [2.45, 2.75) is 13.5 Å². The van der Waals surface area contributed by atoms with Gasteiger partial charge in [-0.15, -0.1) is 0 Å². The average Bonchev–Trinajstić information content (AvgIpc) is 2.22. The first kappa shape index (κ1) is 12.4. The second-order valence-electron chi connectivity index (χ2n) is 3.20. The number of nitrogens with zero attached hydrogens (tertiary/aromatic N) is 2. The molecule has 0 bridgehead atoms. The van der Waals surface area contributed by atoms with Crippen LogP contribution in [-0.4, -0.2) is 22.6 Å². The summed E-state index contributed by atoms with van der Waals surface area (Å²) in [5, 5.41) is 3.17. The van der Waals surface area contributed by atoms with Crippen molar-refractivity contribution in [1.82, 2.24) is 14.9 Å². The number of halogens is 1. The summed E-state index contributed by atoms with van der Waals surface area (Å²) in [6, 6.07) is 0. The Hall–Kier alpha value is -0.690. The van der Waals surface area contributed by atoms with Crippen LogP contribution in [0.1, 0.15) is 6.92 Å². The van der Waals surface area contributed by atoms with E-state index in [1.54, 1.807) is 17.1 Å². The monoisotopic (exact) mass is 319 g/mol. The summed E-state index contributed by atoms with van der Waals surface area (Å²) < 4.78 is 2.20. The molecule has 1 N–H and O–H groups in total. The van der Waals surface area contributed by atoms with Gasteiger partial charge in [-0.25, -0.2) is 4.98 Å². The fourth-order valence-corrected chi connectivity index (χ4v) is 1.61. The van der Waals surface area contributed by atoms with Gasteiger partial charge in [0.05, 0.1) is 9.90 Å². The van der Waals surface area contributed by atoms with Crippen LogP contribution in [0.4, 0.5) is 0 Å². The summed E-state index contributed by atoms with van der Waals surface area (Å²) in [5.41, 5.74) is 0.964. The molecule has 0 aliphatic heterocycles. The number of likely N-dealkylation sites (N-methyl/N-ethyl adjacent to an activating group) is 1. The second kappa shape index (κ2) is 6.02. The molecule has 0 amide bonds. The van der Waals surface area contributed by atoms with Gasteiger partial charge < -0.3 is 5.32 Å². The smallest absolute Gasteiger partial charge is 0.267 e. The number of hydrogen-bond donors (Lipinski definition) is 1. The summed E-state index contributed by atoms with van der Waals surface area (Å²) in [7, 11) is 0. The quantitative estimate of drug-likeness (QED) is 0.651. The molecule has 0 radical (unpaired) electrons. The van der Waals surface area contributed by atoms with Gasteiger partial charge in [0.15, 0.2) is 0 Å². The maximum absolute atomic E-state index is 11.6. The molecule has 0 aliphatic carbocycles. The summed E-state index contributed by atoms with van der Waals surface area (Å²) in [5.74, 6) is 0. The third-order valence-electron chi connectivity index (χ3n) is 1.88. The Kier molecular flexibility index (Phi) is 4.97. The Morgan fingerprint density at radius 2 is 2.47 bits per heavy atom. The van der Waals surface area contributed by atoms with Gasteiger partial charge in [0.1, 0.15) is 0 Å². The first-order valence-corrected chi connectivity index (χ1v) is 5.80. The van der Waals surface area contributed by atoms with Crippen molar-refractivity contribution in [3.8, 4) is 0 Å². The number of hydrogen-bond acceptors (Lipinski definition) is 3. The zero-order valence-electron chi connectivity index (χ0n) is 8.66. The van der Waals surface area contributed by atoms with Crippen LogP contribution in [0.15, 0.2) is 29.5 Å². The van der Waals surface area contributed by atoms with Crippen LogP contribution in [0.5, 0.6) is 0 Å². The lowest BCUT2D eigenvalue weighted by Crippen LogP contribution is -2.26. The minimum atomic E-state index is -0.0109. The average molecular weight is 319 g/mol. The maximum Gasteiger partial charge on any atom is 0.267 e. The molecule has 1 heterocycles. The Balaban J connectivity index is 2.69. The van der Waals surface area contributed by atoms with E-state index in [0.717, 1.165) is 18.7 Å². The minimum Gasteiger partial charge on any atom is -0.313 e. The minimum absolute atomic E-state index is 0.0109. The van der Waals surface area contributed by atoms with E-state index in [2.05, 4.69) is 16.9 Å². The van der Waals surface area contributed by atoms with Crippen LogP contribution >= 0.6 is 22.6 Å². The van der Waals surface area contributed by atoms with Crippen LogP contribution in [0.25, 0.3) is 0 Å². The number of aromatic nitrogens is 2. The van der Waals surface area contributed by atoms with Crippen LogP contribution in [-0.2, 0) is 6.54 Å². The Bertz CT molecular complexity index is 400. The molecule has 0 aromatic carbocycles. The third kappa shape index (κ3) is 3.75. The molecule has 0 spiro atoms. The predicted octanol–water partition coefficient (Wildman–Crippen LogP) is 1.01. The highest BCUT2D eigenvalue weighted by Gasteiger charge is 2.01. The first-order chi connectivity index (χ1) is 7.15. The van der Waals surface area contributed by atoms with E-state index < -0.39 is 0 Å². The van der Waals surface area contributed by atoms with Crippen LogP contribution < -0.4 is 10.9 Å². The fraction of sp³-hybridized carbons (Fsp3) is 0.400. The van der Waals surface area contributed by atoms with Gasteiger partial charge in [-0.3, -0.25) is 9.36 Å². The molecule has 0 saturated heterocycles.